The molecule has 1 heterocycles. The van der Waals surface area contributed by atoms with Crippen molar-refractivity contribution in [1.29, 1.82) is 0 Å². The van der Waals surface area contributed by atoms with Crippen molar-refractivity contribution < 1.29 is 4.79 Å². The van der Waals surface area contributed by atoms with Gasteiger partial charge in [0.2, 0.25) is 5.91 Å². The highest BCUT2D eigenvalue weighted by molar-refractivity contribution is 5.78. The summed E-state index contributed by atoms with van der Waals surface area (Å²) in [4.78, 5) is 16.3. The Morgan fingerprint density at radius 2 is 2.00 bits per heavy atom. The van der Waals surface area contributed by atoms with Gasteiger partial charge < -0.3 is 0 Å². The zero-order chi connectivity index (χ0) is 13.8. The van der Waals surface area contributed by atoms with E-state index in [9.17, 15) is 4.79 Å². The third-order valence-electron chi connectivity index (χ3n) is 4.04. The molecule has 0 radical (unpaired) electrons. The van der Waals surface area contributed by atoms with Gasteiger partial charge in [0.1, 0.15) is 0 Å². The number of hydrogen-bond donors (Lipinski definition) is 2. The van der Waals surface area contributed by atoms with E-state index in [2.05, 4.69) is 37.5 Å². The fraction of sp³-hybridized carbons (Fsp3) is 0.600. The molecule has 1 aromatic rings. The highest BCUT2D eigenvalue weighted by atomic mass is 16.2. The minimum Gasteiger partial charge on any atom is -0.294 e. The van der Waals surface area contributed by atoms with Gasteiger partial charge in [0.05, 0.1) is 0 Å². The van der Waals surface area contributed by atoms with E-state index in [0.29, 0.717) is 11.8 Å². The quantitative estimate of drug-likeness (QED) is 0.499. The summed E-state index contributed by atoms with van der Waals surface area (Å²) in [6, 6.07) is 6.29. The lowest BCUT2D eigenvalue weighted by Gasteiger charge is -2.27. The molecule has 0 unspecified atom stereocenters. The number of carbonyl (C=O) groups excluding carboxylic acids is 1. The molecular weight excluding hydrogens is 238 g/mol. The number of rotatable bonds is 3. The van der Waals surface area contributed by atoms with Gasteiger partial charge >= 0.3 is 0 Å². The van der Waals surface area contributed by atoms with Crippen molar-refractivity contribution in [3.8, 4) is 0 Å². The van der Waals surface area contributed by atoms with Crippen LogP contribution in [0.1, 0.15) is 62.8 Å². The largest absolute Gasteiger partial charge is 0.294 e. The summed E-state index contributed by atoms with van der Waals surface area (Å²) in [6.07, 6.45) is 3.85. The maximum absolute atomic E-state index is 11.5. The molecule has 1 aromatic heterocycles. The molecule has 19 heavy (non-hydrogen) atoms. The zero-order valence-corrected chi connectivity index (χ0v) is 11.7. The van der Waals surface area contributed by atoms with E-state index in [4.69, 9.17) is 10.8 Å². The van der Waals surface area contributed by atoms with Crippen molar-refractivity contribution in [2.45, 2.75) is 51.4 Å². The molecule has 4 nitrogen and oxygen atoms in total. The maximum Gasteiger partial charge on any atom is 0.236 e. The van der Waals surface area contributed by atoms with Crippen molar-refractivity contribution in [2.75, 3.05) is 0 Å². The first-order valence-corrected chi connectivity index (χ1v) is 7.09. The molecule has 0 spiro atoms. The highest BCUT2D eigenvalue weighted by Gasteiger charge is 2.27. The van der Waals surface area contributed by atoms with Crippen LogP contribution in [0.25, 0.3) is 0 Å². The first kappa shape index (κ1) is 14.0. The molecule has 0 atom stereocenters. The molecule has 2 rings (SSSR count). The number of aromatic nitrogens is 1. The molecule has 1 amide bonds. The van der Waals surface area contributed by atoms with Crippen LogP contribution in [-0.2, 0) is 4.79 Å². The number of hydrazine groups is 1. The molecule has 1 aliphatic carbocycles. The fourth-order valence-corrected chi connectivity index (χ4v) is 2.79. The van der Waals surface area contributed by atoms with Crippen LogP contribution in [0.3, 0.4) is 0 Å². The van der Waals surface area contributed by atoms with Crippen LogP contribution in [0.4, 0.5) is 0 Å². The van der Waals surface area contributed by atoms with Gasteiger partial charge in [-0.15, -0.1) is 0 Å². The normalized spacial score (nSPS) is 23.4. The SMILES string of the molecule is CC(C)c1cccc(C2CCC(C(=O)NN)CC2)n1. The van der Waals surface area contributed by atoms with Crippen molar-refractivity contribution in [3.05, 3.63) is 29.6 Å². The van der Waals surface area contributed by atoms with Gasteiger partial charge in [-0.2, -0.15) is 0 Å². The average molecular weight is 261 g/mol. The van der Waals surface area contributed by atoms with Crippen LogP contribution in [0.15, 0.2) is 18.2 Å². The predicted octanol–water partition coefficient (Wildman–Crippen LogP) is 2.47. The molecule has 104 valence electrons. The monoisotopic (exact) mass is 261 g/mol. The van der Waals surface area contributed by atoms with Crippen molar-refractivity contribution in [1.82, 2.24) is 10.4 Å². The summed E-state index contributed by atoms with van der Waals surface area (Å²) in [5, 5.41) is 0. The summed E-state index contributed by atoms with van der Waals surface area (Å²) < 4.78 is 0. The predicted molar refractivity (Wildman–Crippen MR) is 75.4 cm³/mol. The molecule has 0 bridgehead atoms. The second kappa shape index (κ2) is 6.15. The minimum absolute atomic E-state index is 0.0256. The summed E-state index contributed by atoms with van der Waals surface area (Å²) in [6.45, 7) is 4.32. The molecule has 1 aliphatic rings. The Morgan fingerprint density at radius 1 is 1.32 bits per heavy atom. The van der Waals surface area contributed by atoms with Gasteiger partial charge in [-0.05, 0) is 43.7 Å². The lowest BCUT2D eigenvalue weighted by atomic mass is 9.80. The molecule has 0 saturated heterocycles. The minimum atomic E-state index is -0.0256. The topological polar surface area (TPSA) is 68.0 Å². The Morgan fingerprint density at radius 3 is 2.58 bits per heavy atom. The van der Waals surface area contributed by atoms with E-state index in [1.54, 1.807) is 0 Å². The molecule has 0 aliphatic heterocycles. The second-order valence-electron chi connectivity index (χ2n) is 5.70. The van der Waals surface area contributed by atoms with E-state index in [1.807, 2.05) is 0 Å². The van der Waals surface area contributed by atoms with E-state index < -0.39 is 0 Å². The molecule has 0 aromatic carbocycles. The van der Waals surface area contributed by atoms with Gasteiger partial charge in [-0.25, -0.2) is 5.84 Å². The van der Waals surface area contributed by atoms with Crippen LogP contribution < -0.4 is 11.3 Å². The molecule has 1 saturated carbocycles. The maximum atomic E-state index is 11.5. The number of nitrogens with two attached hydrogens (primary N) is 1. The van der Waals surface area contributed by atoms with Crippen LogP contribution in [0.2, 0.25) is 0 Å². The van der Waals surface area contributed by atoms with Gasteiger partial charge in [-0.1, -0.05) is 19.9 Å². The highest BCUT2D eigenvalue weighted by Crippen LogP contribution is 2.35. The van der Waals surface area contributed by atoms with Gasteiger partial charge in [0.25, 0.3) is 0 Å². The van der Waals surface area contributed by atoms with E-state index >= 15 is 0 Å². The number of amides is 1. The molecule has 3 N–H and O–H groups in total. The summed E-state index contributed by atoms with van der Waals surface area (Å²) in [5.41, 5.74) is 4.59. The van der Waals surface area contributed by atoms with E-state index in [1.165, 1.54) is 5.69 Å². The average Bonchev–Trinajstić information content (AvgIpc) is 2.46. The third-order valence-corrected chi connectivity index (χ3v) is 4.04. The van der Waals surface area contributed by atoms with Gasteiger partial charge in [-0.3, -0.25) is 15.2 Å². The van der Waals surface area contributed by atoms with Gasteiger partial charge in [0, 0.05) is 23.2 Å². The smallest absolute Gasteiger partial charge is 0.236 e. The number of nitrogens with one attached hydrogen (secondary N) is 1. The Hall–Kier alpha value is -1.42. The lowest BCUT2D eigenvalue weighted by molar-refractivity contribution is -0.126. The lowest BCUT2D eigenvalue weighted by Crippen LogP contribution is -2.37. The standard InChI is InChI=1S/C15H23N3O/c1-10(2)13-4-3-5-14(17-13)11-6-8-12(9-7-11)15(19)18-16/h3-5,10-12H,6-9,16H2,1-2H3,(H,18,19). The van der Waals surface area contributed by atoms with Crippen LogP contribution in [0.5, 0.6) is 0 Å². The fourth-order valence-electron chi connectivity index (χ4n) is 2.79. The molecule has 4 heteroatoms. The Kier molecular flexibility index (Phi) is 4.53. The van der Waals surface area contributed by atoms with Crippen molar-refractivity contribution in [3.63, 3.8) is 0 Å². The molecule has 1 fully saturated rings. The van der Waals surface area contributed by atoms with Crippen molar-refractivity contribution in [2.24, 2.45) is 11.8 Å². The Labute approximate surface area is 114 Å². The third kappa shape index (κ3) is 3.32. The number of carbonyl (C=O) groups is 1. The summed E-state index contributed by atoms with van der Waals surface area (Å²) >= 11 is 0. The van der Waals surface area contributed by atoms with E-state index in [0.717, 1.165) is 31.4 Å². The summed E-state index contributed by atoms with van der Waals surface area (Å²) in [5.74, 6) is 6.19. The first-order valence-electron chi connectivity index (χ1n) is 7.09. The zero-order valence-electron chi connectivity index (χ0n) is 11.7. The molecular formula is C15H23N3O. The summed E-state index contributed by atoms with van der Waals surface area (Å²) in [7, 11) is 0. The Bertz CT molecular complexity index is 437. The van der Waals surface area contributed by atoms with E-state index in [-0.39, 0.29) is 11.8 Å². The first-order chi connectivity index (χ1) is 9.11. The van der Waals surface area contributed by atoms with Crippen LogP contribution in [0, 0.1) is 5.92 Å². The Balaban J connectivity index is 2.01. The van der Waals surface area contributed by atoms with Crippen molar-refractivity contribution >= 4 is 5.91 Å². The second-order valence-corrected chi connectivity index (χ2v) is 5.70. The number of pyridine rings is 1. The number of nitrogens with zero attached hydrogens (tertiary/aromatic N) is 1. The van der Waals surface area contributed by atoms with Gasteiger partial charge in [0.15, 0.2) is 0 Å². The number of hydrogen-bond acceptors (Lipinski definition) is 3. The van der Waals surface area contributed by atoms with Crippen LogP contribution in [-0.4, -0.2) is 10.9 Å². The van der Waals surface area contributed by atoms with Crippen LogP contribution >= 0.6 is 0 Å².